The van der Waals surface area contributed by atoms with E-state index in [0.717, 1.165) is 29.9 Å². The lowest BCUT2D eigenvalue weighted by atomic mass is 10.0. The molecule has 1 unspecified atom stereocenters. The molecule has 0 heterocycles. The molecule has 1 N–H and O–H groups in total. The van der Waals surface area contributed by atoms with Gasteiger partial charge in [0, 0.05) is 11.6 Å². The third kappa shape index (κ3) is 2.89. The summed E-state index contributed by atoms with van der Waals surface area (Å²) in [6.07, 6.45) is 2.21. The summed E-state index contributed by atoms with van der Waals surface area (Å²) in [5.41, 5.74) is 1.16. The molecule has 3 nitrogen and oxygen atoms in total. The molecule has 0 saturated heterocycles. The van der Waals surface area contributed by atoms with Gasteiger partial charge < -0.3 is 14.8 Å². The molecule has 0 aliphatic rings. The summed E-state index contributed by atoms with van der Waals surface area (Å²) < 4.78 is 10.6. The van der Waals surface area contributed by atoms with Crippen LogP contribution in [0.3, 0.4) is 0 Å². The first-order chi connectivity index (χ1) is 7.76. The van der Waals surface area contributed by atoms with Gasteiger partial charge in [0.2, 0.25) is 0 Å². The Bertz CT molecular complexity index is 326. The van der Waals surface area contributed by atoms with Crippen molar-refractivity contribution in [3.63, 3.8) is 0 Å². The van der Waals surface area contributed by atoms with Crippen LogP contribution in [0, 0.1) is 0 Å². The predicted octanol–water partition coefficient (Wildman–Crippen LogP) is 2.76. The van der Waals surface area contributed by atoms with Crippen molar-refractivity contribution in [1.82, 2.24) is 5.32 Å². The molecule has 90 valence electrons. The van der Waals surface area contributed by atoms with Gasteiger partial charge in [-0.25, -0.2) is 0 Å². The lowest BCUT2D eigenvalue weighted by Gasteiger charge is -2.19. The molecule has 0 aliphatic heterocycles. The fourth-order valence-electron chi connectivity index (χ4n) is 1.86. The number of methoxy groups -OCH3 is 2. The second-order valence-corrected chi connectivity index (χ2v) is 3.74. The number of ether oxygens (including phenoxy) is 2. The SMILES string of the molecule is CCCC(NC)c1cc(OC)ccc1OC. The van der Waals surface area contributed by atoms with Crippen molar-refractivity contribution < 1.29 is 9.47 Å². The monoisotopic (exact) mass is 223 g/mol. The minimum absolute atomic E-state index is 0.315. The van der Waals surface area contributed by atoms with Gasteiger partial charge in [-0.2, -0.15) is 0 Å². The first-order valence-electron chi connectivity index (χ1n) is 5.66. The van der Waals surface area contributed by atoms with Gasteiger partial charge in [0.25, 0.3) is 0 Å². The van der Waals surface area contributed by atoms with Crippen molar-refractivity contribution in [3.8, 4) is 11.5 Å². The van der Waals surface area contributed by atoms with Crippen LogP contribution in [0.4, 0.5) is 0 Å². The van der Waals surface area contributed by atoms with Gasteiger partial charge in [-0.15, -0.1) is 0 Å². The average molecular weight is 223 g/mol. The summed E-state index contributed by atoms with van der Waals surface area (Å²) in [5.74, 6) is 1.78. The van der Waals surface area contributed by atoms with Crippen LogP contribution < -0.4 is 14.8 Å². The molecule has 3 heteroatoms. The molecule has 0 fully saturated rings. The molecule has 1 aromatic carbocycles. The Morgan fingerprint density at radius 2 is 2.00 bits per heavy atom. The third-order valence-corrected chi connectivity index (χ3v) is 2.74. The number of benzene rings is 1. The van der Waals surface area contributed by atoms with E-state index in [9.17, 15) is 0 Å². The van der Waals surface area contributed by atoms with Crippen molar-refractivity contribution >= 4 is 0 Å². The normalized spacial score (nSPS) is 12.2. The summed E-state index contributed by atoms with van der Waals surface area (Å²) in [7, 11) is 5.35. The third-order valence-electron chi connectivity index (χ3n) is 2.74. The first-order valence-corrected chi connectivity index (χ1v) is 5.66. The van der Waals surface area contributed by atoms with Gasteiger partial charge in [0.15, 0.2) is 0 Å². The zero-order valence-corrected chi connectivity index (χ0v) is 10.5. The Morgan fingerprint density at radius 3 is 2.50 bits per heavy atom. The molecule has 1 atom stereocenters. The van der Waals surface area contributed by atoms with Gasteiger partial charge in [-0.3, -0.25) is 0 Å². The van der Waals surface area contributed by atoms with Crippen LogP contribution in [0.5, 0.6) is 11.5 Å². The van der Waals surface area contributed by atoms with Crippen LogP contribution in [-0.2, 0) is 0 Å². The van der Waals surface area contributed by atoms with E-state index in [4.69, 9.17) is 9.47 Å². The van der Waals surface area contributed by atoms with Crippen LogP contribution in [0.2, 0.25) is 0 Å². The molecule has 0 saturated carbocycles. The van der Waals surface area contributed by atoms with E-state index in [0.29, 0.717) is 6.04 Å². The molecular weight excluding hydrogens is 202 g/mol. The van der Waals surface area contributed by atoms with Gasteiger partial charge in [-0.1, -0.05) is 13.3 Å². The second kappa shape index (κ2) is 6.38. The quantitative estimate of drug-likeness (QED) is 0.804. The second-order valence-electron chi connectivity index (χ2n) is 3.74. The maximum absolute atomic E-state index is 5.38. The van der Waals surface area contributed by atoms with Crippen molar-refractivity contribution in [2.24, 2.45) is 0 Å². The Morgan fingerprint density at radius 1 is 1.25 bits per heavy atom. The van der Waals surface area contributed by atoms with Crippen molar-refractivity contribution in [1.29, 1.82) is 0 Å². The van der Waals surface area contributed by atoms with Crippen LogP contribution in [0.25, 0.3) is 0 Å². The minimum Gasteiger partial charge on any atom is -0.497 e. The highest BCUT2D eigenvalue weighted by atomic mass is 16.5. The highest BCUT2D eigenvalue weighted by Gasteiger charge is 2.14. The molecule has 0 bridgehead atoms. The fraction of sp³-hybridized carbons (Fsp3) is 0.538. The Kier molecular flexibility index (Phi) is 5.12. The van der Waals surface area contributed by atoms with Crippen LogP contribution >= 0.6 is 0 Å². The molecule has 1 aromatic rings. The van der Waals surface area contributed by atoms with Gasteiger partial charge in [-0.05, 0) is 31.7 Å². The van der Waals surface area contributed by atoms with E-state index in [1.165, 1.54) is 0 Å². The molecule has 0 spiro atoms. The van der Waals surface area contributed by atoms with E-state index in [2.05, 4.69) is 12.2 Å². The Balaban J connectivity index is 3.05. The average Bonchev–Trinajstić information content (AvgIpc) is 2.35. The van der Waals surface area contributed by atoms with E-state index in [-0.39, 0.29) is 0 Å². The fourth-order valence-corrected chi connectivity index (χ4v) is 1.86. The van der Waals surface area contributed by atoms with Gasteiger partial charge >= 0.3 is 0 Å². The number of hydrogen-bond donors (Lipinski definition) is 1. The zero-order valence-electron chi connectivity index (χ0n) is 10.5. The van der Waals surface area contributed by atoms with E-state index >= 15 is 0 Å². The van der Waals surface area contributed by atoms with Gasteiger partial charge in [0.05, 0.1) is 14.2 Å². The molecule has 1 rings (SSSR count). The Hall–Kier alpha value is -1.22. The smallest absolute Gasteiger partial charge is 0.123 e. The number of nitrogens with one attached hydrogen (secondary N) is 1. The molecule has 16 heavy (non-hydrogen) atoms. The van der Waals surface area contributed by atoms with Crippen LogP contribution in [-0.4, -0.2) is 21.3 Å². The number of rotatable bonds is 6. The molecular formula is C13H21NO2. The lowest BCUT2D eigenvalue weighted by Crippen LogP contribution is -2.17. The summed E-state index contributed by atoms with van der Waals surface area (Å²) >= 11 is 0. The maximum atomic E-state index is 5.38. The lowest BCUT2D eigenvalue weighted by molar-refractivity contribution is 0.389. The summed E-state index contributed by atoms with van der Waals surface area (Å²) in [6.45, 7) is 2.18. The van der Waals surface area contributed by atoms with Crippen molar-refractivity contribution in [3.05, 3.63) is 23.8 Å². The number of hydrogen-bond acceptors (Lipinski definition) is 3. The van der Waals surface area contributed by atoms with E-state index in [1.54, 1.807) is 14.2 Å². The highest BCUT2D eigenvalue weighted by Crippen LogP contribution is 2.31. The van der Waals surface area contributed by atoms with Crippen molar-refractivity contribution in [2.75, 3.05) is 21.3 Å². The Labute approximate surface area is 97.8 Å². The van der Waals surface area contributed by atoms with E-state index < -0.39 is 0 Å². The van der Waals surface area contributed by atoms with Crippen LogP contribution in [0.15, 0.2) is 18.2 Å². The standard InChI is InChI=1S/C13H21NO2/c1-5-6-12(14-2)11-9-10(15-3)7-8-13(11)16-4/h7-9,12,14H,5-6H2,1-4H3. The first kappa shape index (κ1) is 12.8. The molecule has 0 aromatic heterocycles. The molecule has 0 aliphatic carbocycles. The highest BCUT2D eigenvalue weighted by molar-refractivity contribution is 5.42. The van der Waals surface area contributed by atoms with Crippen LogP contribution in [0.1, 0.15) is 31.4 Å². The topological polar surface area (TPSA) is 30.5 Å². The summed E-state index contributed by atoms with van der Waals surface area (Å²) in [4.78, 5) is 0. The zero-order chi connectivity index (χ0) is 12.0. The van der Waals surface area contributed by atoms with E-state index in [1.807, 2.05) is 25.2 Å². The summed E-state index contributed by atoms with van der Waals surface area (Å²) in [6, 6.07) is 6.22. The largest absolute Gasteiger partial charge is 0.497 e. The maximum Gasteiger partial charge on any atom is 0.123 e. The molecule has 0 radical (unpaired) electrons. The summed E-state index contributed by atoms with van der Waals surface area (Å²) in [5, 5.41) is 3.31. The predicted molar refractivity (Wildman–Crippen MR) is 66.3 cm³/mol. The van der Waals surface area contributed by atoms with Crippen molar-refractivity contribution in [2.45, 2.75) is 25.8 Å². The minimum atomic E-state index is 0.315. The molecule has 0 amide bonds. The van der Waals surface area contributed by atoms with Gasteiger partial charge in [0.1, 0.15) is 11.5 Å².